The molecule has 0 amide bonds. The van der Waals surface area contributed by atoms with Crippen LogP contribution in [0, 0.1) is 13.8 Å². The Balaban J connectivity index is 1.22. The quantitative estimate of drug-likeness (QED) is 0.160. The first kappa shape index (κ1) is 48.6. The van der Waals surface area contributed by atoms with E-state index in [4.69, 9.17) is 4.42 Å². The summed E-state index contributed by atoms with van der Waals surface area (Å²) in [4.78, 5) is 5.29. The third-order valence-electron chi connectivity index (χ3n) is 18.8. The van der Waals surface area contributed by atoms with Crippen molar-refractivity contribution in [2.75, 3.05) is 9.71 Å². The molecule has 0 N–H and O–H groups in total. The van der Waals surface area contributed by atoms with Crippen LogP contribution < -0.4 is 20.6 Å². The minimum absolute atomic E-state index is 0.000899. The summed E-state index contributed by atoms with van der Waals surface area (Å²) in [5, 5.41) is 1.20. The van der Waals surface area contributed by atoms with Crippen molar-refractivity contribution in [2.45, 2.75) is 143 Å². The molecule has 9 aromatic rings. The summed E-state index contributed by atoms with van der Waals surface area (Å²) in [6.45, 7) is 30.9. The molecule has 0 atom stereocenters. The van der Waals surface area contributed by atoms with Gasteiger partial charge < -0.3 is 9.23 Å². The Morgan fingerprint density at radius 1 is 0.447 bits per heavy atom. The predicted molar refractivity (Wildman–Crippen MR) is 325 cm³/mol. The number of rotatable bonds is 5. The highest BCUT2D eigenvalue weighted by Crippen LogP contribution is 2.55. The monoisotopic (exact) mass is 993 g/mol. The third kappa shape index (κ3) is 7.44. The fourth-order valence-corrected chi connectivity index (χ4v) is 14.1. The molecule has 0 bridgehead atoms. The van der Waals surface area contributed by atoms with Crippen molar-refractivity contribution in [1.29, 1.82) is 0 Å². The number of anilines is 5. The topological polar surface area (TPSA) is 19.6 Å². The maximum absolute atomic E-state index is 7.83. The Bertz CT molecular complexity index is 3820. The lowest BCUT2D eigenvalue weighted by Gasteiger charge is -2.46. The molecule has 4 heteroatoms. The summed E-state index contributed by atoms with van der Waals surface area (Å²) in [7, 11) is 0. The minimum atomic E-state index is -0.243. The molecular weight excluding hydrogens is 920 g/mol. The highest BCUT2D eigenvalue weighted by molar-refractivity contribution is 6.95. The van der Waals surface area contributed by atoms with E-state index in [1.54, 1.807) is 0 Å². The molecule has 1 aromatic heterocycles. The van der Waals surface area contributed by atoms with E-state index in [0.717, 1.165) is 42.1 Å². The van der Waals surface area contributed by atoms with Crippen LogP contribution in [0.25, 0.3) is 55.5 Å². The number of hydrogen-bond acceptors (Lipinski definition) is 3. The molecule has 0 saturated carbocycles. The summed E-state index contributed by atoms with van der Waals surface area (Å²) >= 11 is 0. The second-order valence-electron chi connectivity index (χ2n) is 26.8. The molecule has 0 spiro atoms. The van der Waals surface area contributed by atoms with Crippen molar-refractivity contribution in [3.05, 3.63) is 197 Å². The average Bonchev–Trinajstić information content (AvgIpc) is 3.91. The lowest BCUT2D eigenvalue weighted by Crippen LogP contribution is -2.61. The van der Waals surface area contributed by atoms with Gasteiger partial charge in [-0.2, -0.15) is 0 Å². The Morgan fingerprint density at radius 3 is 1.68 bits per heavy atom. The van der Waals surface area contributed by atoms with Crippen molar-refractivity contribution in [3.63, 3.8) is 0 Å². The molecule has 0 saturated heterocycles. The van der Waals surface area contributed by atoms with Gasteiger partial charge in [-0.1, -0.05) is 179 Å². The molecule has 3 nitrogen and oxygen atoms in total. The Hall–Kier alpha value is -7.04. The summed E-state index contributed by atoms with van der Waals surface area (Å²) in [5.74, 6) is 0.892. The van der Waals surface area contributed by atoms with Gasteiger partial charge in [-0.3, -0.25) is 4.90 Å². The van der Waals surface area contributed by atoms with Gasteiger partial charge in [-0.05, 0) is 199 Å². The van der Waals surface area contributed by atoms with E-state index in [1.807, 2.05) is 0 Å². The number of benzene rings is 8. The number of furan rings is 1. The Labute approximate surface area is 453 Å². The zero-order valence-corrected chi connectivity index (χ0v) is 47.2. The van der Waals surface area contributed by atoms with E-state index in [0.29, 0.717) is 0 Å². The average molecular weight is 993 g/mol. The molecule has 0 fully saturated rings. The third-order valence-corrected chi connectivity index (χ3v) is 18.8. The van der Waals surface area contributed by atoms with E-state index >= 15 is 0 Å². The SMILES string of the molecule is Cc1cccc(C)c1-c1cc2c3c(c1)N(c1ccc(C(C)(C)C)cc1-c1ccccc1)c1oc4cc5c(cc4c1B3N(c1ccc3c(c1)C(C)(C)CCC3(C)C)c1cc(-c3ccccc3)ccc1-2)C(C)(C)CCC5(C)C. The summed E-state index contributed by atoms with van der Waals surface area (Å²) in [6, 6.07) is 60.9. The largest absolute Gasteiger partial charge is 0.440 e. The van der Waals surface area contributed by atoms with Crippen molar-refractivity contribution in [2.24, 2.45) is 0 Å². The predicted octanol–water partition coefficient (Wildman–Crippen LogP) is 18.8. The molecule has 76 heavy (non-hydrogen) atoms. The summed E-state index contributed by atoms with van der Waals surface area (Å²) in [6.07, 6.45) is 4.57. The zero-order chi connectivity index (χ0) is 53.0. The van der Waals surface area contributed by atoms with Gasteiger partial charge in [0.05, 0.1) is 5.69 Å². The molecule has 380 valence electrons. The van der Waals surface area contributed by atoms with E-state index in [9.17, 15) is 0 Å². The normalized spacial score (nSPS) is 17.4. The van der Waals surface area contributed by atoms with Crippen molar-refractivity contribution in [1.82, 2.24) is 0 Å². The van der Waals surface area contributed by atoms with Crippen LogP contribution in [0.5, 0.6) is 0 Å². The van der Waals surface area contributed by atoms with Gasteiger partial charge in [0.15, 0.2) is 0 Å². The number of fused-ring (bicyclic) bond motifs is 8. The van der Waals surface area contributed by atoms with E-state index in [2.05, 4.69) is 257 Å². The van der Waals surface area contributed by atoms with Gasteiger partial charge in [0, 0.05) is 39.0 Å². The molecule has 2 aliphatic heterocycles. The molecule has 0 radical (unpaired) electrons. The minimum Gasteiger partial charge on any atom is -0.440 e. The molecule has 8 aromatic carbocycles. The highest BCUT2D eigenvalue weighted by atomic mass is 16.4. The van der Waals surface area contributed by atoms with Crippen LogP contribution in [0.1, 0.15) is 141 Å². The van der Waals surface area contributed by atoms with Gasteiger partial charge in [-0.15, -0.1) is 0 Å². The van der Waals surface area contributed by atoms with Crippen LogP contribution >= 0.6 is 0 Å². The van der Waals surface area contributed by atoms with Crippen LogP contribution in [0.4, 0.5) is 28.6 Å². The van der Waals surface area contributed by atoms with Crippen LogP contribution in [-0.4, -0.2) is 6.85 Å². The molecule has 13 rings (SSSR count). The Kier molecular flexibility index (Phi) is 10.7. The van der Waals surface area contributed by atoms with Gasteiger partial charge in [0.25, 0.3) is 0 Å². The summed E-state index contributed by atoms with van der Waals surface area (Å²) in [5.41, 5.74) is 27.5. The molecule has 4 aliphatic rings. The fraction of sp³-hybridized carbons (Fsp3) is 0.306. The van der Waals surface area contributed by atoms with Crippen molar-refractivity contribution in [3.8, 4) is 44.5 Å². The van der Waals surface area contributed by atoms with Gasteiger partial charge in [-0.25, -0.2) is 0 Å². The number of nitrogens with zero attached hydrogens (tertiary/aromatic N) is 2. The smallest absolute Gasteiger partial charge is 0.337 e. The highest BCUT2D eigenvalue weighted by Gasteiger charge is 2.50. The first-order valence-electron chi connectivity index (χ1n) is 28.1. The molecule has 0 unspecified atom stereocenters. The maximum Gasteiger partial charge on any atom is 0.337 e. The van der Waals surface area contributed by atoms with E-state index < -0.39 is 0 Å². The number of aryl methyl sites for hydroxylation is 2. The molecule has 2 aliphatic carbocycles. The lowest BCUT2D eigenvalue weighted by molar-refractivity contribution is 0.332. The first-order valence-corrected chi connectivity index (χ1v) is 28.1. The van der Waals surface area contributed by atoms with E-state index in [1.165, 1.54) is 118 Å². The fourth-order valence-electron chi connectivity index (χ4n) is 14.1. The van der Waals surface area contributed by atoms with E-state index in [-0.39, 0.29) is 33.9 Å². The first-order chi connectivity index (χ1) is 36.1. The van der Waals surface area contributed by atoms with Crippen LogP contribution in [0.3, 0.4) is 0 Å². The Morgan fingerprint density at radius 2 is 1.04 bits per heavy atom. The van der Waals surface area contributed by atoms with Gasteiger partial charge in [0.1, 0.15) is 5.58 Å². The lowest BCUT2D eigenvalue weighted by atomic mass is 9.43. The van der Waals surface area contributed by atoms with Crippen LogP contribution in [0.15, 0.2) is 162 Å². The second-order valence-corrected chi connectivity index (χ2v) is 26.8. The number of hydrogen-bond donors (Lipinski definition) is 0. The standard InChI is InChI=1S/C72H73BN2O/c1-44-21-20-22-45(2)64(44)49-37-54-52-30-27-48(46-23-16-14-17-24-46)38-61(52)75(51-29-31-56-57(41-51)70(8,9)34-33-69(56,6)7)73-65(54)62(39-49)74(60-32-28-50(68(3,4)5)40-53(60)47-25-18-15-19-26-47)67-66(73)55-42-58-59(43-63(55)76-67)72(12,13)36-35-71(58,10)11/h14-32,37-43H,33-36H2,1-13H3. The van der Waals surface area contributed by atoms with Gasteiger partial charge in [0.2, 0.25) is 5.88 Å². The maximum atomic E-state index is 7.83. The summed E-state index contributed by atoms with van der Waals surface area (Å²) < 4.78 is 7.83. The van der Waals surface area contributed by atoms with Crippen LogP contribution in [-0.2, 0) is 27.1 Å². The zero-order valence-electron chi connectivity index (χ0n) is 47.2. The van der Waals surface area contributed by atoms with Crippen molar-refractivity contribution < 1.29 is 4.42 Å². The molecule has 3 heterocycles. The van der Waals surface area contributed by atoms with Crippen molar-refractivity contribution >= 4 is 57.4 Å². The van der Waals surface area contributed by atoms with Gasteiger partial charge >= 0.3 is 6.85 Å². The molecular formula is C72H73BN2O. The van der Waals surface area contributed by atoms with Crippen LogP contribution in [0.2, 0.25) is 0 Å². The second kappa shape index (κ2) is 16.7.